The SMILES string of the molecule is CC[C@@]1(C)CC[C@H]2C3CCC4=CC(=O)CC[C@]4(C)[C@H]3CC[C@@]21C. The standard InChI is InChI=1S/C22H34O/c1-5-20(2)11-9-19-17-7-6-15-14-16(23)8-12-21(15,3)18(17)10-13-22(19,20)4/h14,17-19H,5-13H2,1-4H3/t17?,18-,19-,20-,21-,22-/m0/s1. The second-order valence-corrected chi connectivity index (χ2v) is 9.88. The molecule has 0 spiro atoms. The molecule has 6 atom stereocenters. The lowest BCUT2D eigenvalue weighted by Gasteiger charge is -2.59. The second-order valence-electron chi connectivity index (χ2n) is 9.88. The van der Waals surface area contributed by atoms with Gasteiger partial charge in [0.2, 0.25) is 0 Å². The topological polar surface area (TPSA) is 17.1 Å². The molecular formula is C22H34O. The van der Waals surface area contributed by atoms with E-state index in [2.05, 4.69) is 27.7 Å². The van der Waals surface area contributed by atoms with Crippen LogP contribution in [0.2, 0.25) is 0 Å². The minimum Gasteiger partial charge on any atom is -0.295 e. The van der Waals surface area contributed by atoms with E-state index in [1.807, 2.05) is 6.08 Å². The molecule has 1 nitrogen and oxygen atoms in total. The molecule has 3 fully saturated rings. The van der Waals surface area contributed by atoms with Crippen molar-refractivity contribution in [2.24, 2.45) is 34.0 Å². The molecule has 4 aliphatic rings. The van der Waals surface area contributed by atoms with Gasteiger partial charge in [-0.05, 0) is 85.0 Å². The van der Waals surface area contributed by atoms with Crippen LogP contribution >= 0.6 is 0 Å². The van der Waals surface area contributed by atoms with E-state index in [4.69, 9.17) is 0 Å². The fourth-order valence-corrected chi connectivity index (χ4v) is 7.50. The van der Waals surface area contributed by atoms with Crippen molar-refractivity contribution in [3.8, 4) is 0 Å². The lowest BCUT2D eigenvalue weighted by molar-refractivity contribution is -0.118. The largest absolute Gasteiger partial charge is 0.295 e. The highest BCUT2D eigenvalue weighted by atomic mass is 16.1. The van der Waals surface area contributed by atoms with E-state index in [0.29, 0.717) is 22.0 Å². The van der Waals surface area contributed by atoms with Crippen LogP contribution in [0.4, 0.5) is 0 Å². The van der Waals surface area contributed by atoms with Crippen molar-refractivity contribution in [3.05, 3.63) is 11.6 Å². The number of carbonyl (C=O) groups is 1. The predicted octanol–water partition coefficient (Wildman–Crippen LogP) is 5.93. The Bertz CT molecular complexity index is 560. The average molecular weight is 315 g/mol. The molecule has 0 heterocycles. The van der Waals surface area contributed by atoms with Gasteiger partial charge >= 0.3 is 0 Å². The maximum absolute atomic E-state index is 11.9. The Kier molecular flexibility index (Phi) is 3.43. The molecular weight excluding hydrogens is 280 g/mol. The van der Waals surface area contributed by atoms with Crippen LogP contribution in [0.1, 0.15) is 85.5 Å². The lowest BCUT2D eigenvalue weighted by atomic mass is 9.45. The molecule has 1 unspecified atom stereocenters. The van der Waals surface area contributed by atoms with Crippen LogP contribution in [-0.4, -0.2) is 5.78 Å². The van der Waals surface area contributed by atoms with Crippen molar-refractivity contribution >= 4 is 5.78 Å². The van der Waals surface area contributed by atoms with Crippen LogP contribution in [0, 0.1) is 34.0 Å². The monoisotopic (exact) mass is 314 g/mol. The molecule has 0 aromatic heterocycles. The number of fused-ring (bicyclic) bond motifs is 5. The number of ketones is 1. The van der Waals surface area contributed by atoms with Gasteiger partial charge in [0.25, 0.3) is 0 Å². The zero-order valence-electron chi connectivity index (χ0n) is 15.6. The first kappa shape index (κ1) is 15.9. The number of rotatable bonds is 1. The normalized spacial score (nSPS) is 52.4. The summed E-state index contributed by atoms with van der Waals surface area (Å²) in [7, 11) is 0. The van der Waals surface area contributed by atoms with E-state index < -0.39 is 0 Å². The maximum atomic E-state index is 11.9. The van der Waals surface area contributed by atoms with Gasteiger partial charge in [0, 0.05) is 6.42 Å². The fraction of sp³-hybridized carbons (Fsp3) is 0.864. The second kappa shape index (κ2) is 4.96. The van der Waals surface area contributed by atoms with E-state index in [-0.39, 0.29) is 0 Å². The summed E-state index contributed by atoms with van der Waals surface area (Å²) in [6.07, 6.45) is 13.5. The molecule has 3 saturated carbocycles. The van der Waals surface area contributed by atoms with Crippen LogP contribution in [0.15, 0.2) is 11.6 Å². The Labute approximate surface area is 142 Å². The van der Waals surface area contributed by atoms with Crippen molar-refractivity contribution in [2.75, 3.05) is 0 Å². The van der Waals surface area contributed by atoms with Gasteiger partial charge in [-0.15, -0.1) is 0 Å². The summed E-state index contributed by atoms with van der Waals surface area (Å²) in [4.78, 5) is 11.9. The highest BCUT2D eigenvalue weighted by molar-refractivity contribution is 5.91. The van der Waals surface area contributed by atoms with Gasteiger partial charge in [0.05, 0.1) is 0 Å². The quantitative estimate of drug-likeness (QED) is 0.586. The molecule has 0 amide bonds. The number of hydrogen-bond donors (Lipinski definition) is 0. The predicted molar refractivity (Wildman–Crippen MR) is 95.1 cm³/mol. The van der Waals surface area contributed by atoms with Crippen molar-refractivity contribution in [1.29, 1.82) is 0 Å². The summed E-state index contributed by atoms with van der Waals surface area (Å²) in [5.41, 5.74) is 2.96. The van der Waals surface area contributed by atoms with Gasteiger partial charge in [-0.3, -0.25) is 4.79 Å². The van der Waals surface area contributed by atoms with Crippen molar-refractivity contribution in [3.63, 3.8) is 0 Å². The van der Waals surface area contributed by atoms with E-state index in [0.717, 1.165) is 30.6 Å². The highest BCUT2D eigenvalue weighted by Gasteiger charge is 2.61. The van der Waals surface area contributed by atoms with Crippen LogP contribution in [-0.2, 0) is 4.79 Å². The first-order valence-corrected chi connectivity index (χ1v) is 10.1. The molecule has 23 heavy (non-hydrogen) atoms. The fourth-order valence-electron chi connectivity index (χ4n) is 7.50. The summed E-state index contributed by atoms with van der Waals surface area (Å²) >= 11 is 0. The van der Waals surface area contributed by atoms with Crippen LogP contribution in [0.3, 0.4) is 0 Å². The highest BCUT2D eigenvalue weighted by Crippen LogP contribution is 2.70. The molecule has 0 aliphatic heterocycles. The third kappa shape index (κ3) is 1.94. The third-order valence-electron chi connectivity index (χ3n) is 9.52. The molecule has 4 rings (SSSR count). The van der Waals surface area contributed by atoms with Gasteiger partial charge in [-0.25, -0.2) is 0 Å². The Balaban J connectivity index is 1.69. The smallest absolute Gasteiger partial charge is 0.155 e. The molecule has 1 heteroatoms. The van der Waals surface area contributed by atoms with E-state index in [1.54, 1.807) is 0 Å². The zero-order valence-corrected chi connectivity index (χ0v) is 15.6. The van der Waals surface area contributed by atoms with Crippen LogP contribution in [0.25, 0.3) is 0 Å². The molecule has 0 bridgehead atoms. The molecule has 128 valence electrons. The number of allylic oxidation sites excluding steroid dienone is 1. The van der Waals surface area contributed by atoms with Gasteiger partial charge in [-0.1, -0.05) is 39.7 Å². The Morgan fingerprint density at radius 3 is 2.48 bits per heavy atom. The van der Waals surface area contributed by atoms with E-state index in [9.17, 15) is 4.79 Å². The van der Waals surface area contributed by atoms with Gasteiger partial charge < -0.3 is 0 Å². The zero-order chi connectivity index (χ0) is 16.5. The first-order chi connectivity index (χ1) is 10.8. The Morgan fingerprint density at radius 1 is 1.00 bits per heavy atom. The summed E-state index contributed by atoms with van der Waals surface area (Å²) < 4.78 is 0. The molecule has 4 aliphatic carbocycles. The van der Waals surface area contributed by atoms with Gasteiger partial charge in [0.1, 0.15) is 0 Å². The summed E-state index contributed by atoms with van der Waals surface area (Å²) in [6, 6.07) is 0. The Hall–Kier alpha value is -0.590. The van der Waals surface area contributed by atoms with Gasteiger partial charge in [-0.2, -0.15) is 0 Å². The van der Waals surface area contributed by atoms with Gasteiger partial charge in [0.15, 0.2) is 5.78 Å². The van der Waals surface area contributed by atoms with Crippen molar-refractivity contribution in [1.82, 2.24) is 0 Å². The molecule has 0 radical (unpaired) electrons. The average Bonchev–Trinajstić information content (AvgIpc) is 2.80. The number of carbonyl (C=O) groups excluding carboxylic acids is 1. The van der Waals surface area contributed by atoms with Crippen LogP contribution < -0.4 is 0 Å². The van der Waals surface area contributed by atoms with E-state index in [1.165, 1.54) is 50.5 Å². The van der Waals surface area contributed by atoms with Crippen molar-refractivity contribution < 1.29 is 4.79 Å². The molecule has 0 saturated heterocycles. The third-order valence-corrected chi connectivity index (χ3v) is 9.52. The summed E-state index contributed by atoms with van der Waals surface area (Å²) in [6.45, 7) is 10.1. The molecule has 0 aromatic rings. The number of hydrogen-bond acceptors (Lipinski definition) is 1. The molecule has 0 aromatic carbocycles. The van der Waals surface area contributed by atoms with Crippen LogP contribution in [0.5, 0.6) is 0 Å². The maximum Gasteiger partial charge on any atom is 0.155 e. The minimum absolute atomic E-state index is 0.337. The summed E-state index contributed by atoms with van der Waals surface area (Å²) in [5.74, 6) is 3.07. The Morgan fingerprint density at radius 2 is 1.74 bits per heavy atom. The first-order valence-electron chi connectivity index (χ1n) is 10.1. The minimum atomic E-state index is 0.337. The summed E-state index contributed by atoms with van der Waals surface area (Å²) in [5, 5.41) is 0. The lowest BCUT2D eigenvalue weighted by Crippen LogP contribution is -2.52. The van der Waals surface area contributed by atoms with Crippen molar-refractivity contribution in [2.45, 2.75) is 85.5 Å². The van der Waals surface area contributed by atoms with E-state index >= 15 is 0 Å². The molecule has 0 N–H and O–H groups in total.